The van der Waals surface area contributed by atoms with Crippen LogP contribution < -0.4 is 4.74 Å². The van der Waals surface area contributed by atoms with E-state index >= 15 is 0 Å². The first kappa shape index (κ1) is 11.6. The van der Waals surface area contributed by atoms with E-state index in [0.29, 0.717) is 5.75 Å². The van der Waals surface area contributed by atoms with E-state index in [0.717, 1.165) is 24.8 Å². The molecule has 3 nitrogen and oxygen atoms in total. The van der Waals surface area contributed by atoms with Gasteiger partial charge in [-0.25, -0.2) is 0 Å². The van der Waals surface area contributed by atoms with Crippen LogP contribution in [0.5, 0.6) is 11.5 Å². The van der Waals surface area contributed by atoms with Gasteiger partial charge in [-0.1, -0.05) is 25.8 Å². The van der Waals surface area contributed by atoms with Crippen LogP contribution in [0.25, 0.3) is 0 Å². The summed E-state index contributed by atoms with van der Waals surface area (Å²) in [5, 5.41) is 16.2. The number of phenolic OH excluding ortho intramolecular Hbond substituents is 1. The predicted molar refractivity (Wildman–Crippen MR) is 60.7 cm³/mol. The first-order chi connectivity index (χ1) is 7.27. The van der Waals surface area contributed by atoms with Crippen LogP contribution in [0.2, 0.25) is 0 Å². The quantitative estimate of drug-likeness (QED) is 0.428. The van der Waals surface area contributed by atoms with Crippen LogP contribution in [0.4, 0.5) is 0 Å². The predicted octanol–water partition coefficient (Wildman–Crippen LogP) is 3.11. The minimum absolute atomic E-state index is 0.0812. The van der Waals surface area contributed by atoms with E-state index < -0.39 is 0 Å². The number of rotatable bonds is 6. The van der Waals surface area contributed by atoms with Crippen molar-refractivity contribution < 1.29 is 9.84 Å². The zero-order valence-corrected chi connectivity index (χ0v) is 8.99. The van der Waals surface area contributed by atoms with Gasteiger partial charge in [0, 0.05) is 0 Å². The molecule has 0 fully saturated rings. The van der Waals surface area contributed by atoms with Crippen molar-refractivity contribution in [2.45, 2.75) is 32.6 Å². The number of unbranched alkanes of at least 4 members (excludes halogenated alkanes) is 2. The number of nitrogens with one attached hydrogen (secondary N) is 1. The number of aromatic hydroxyl groups is 1. The fraction of sp³-hybridized carbons (Fsp3) is 0.417. The molecule has 0 aliphatic carbocycles. The molecule has 0 aromatic heterocycles. The average molecular weight is 207 g/mol. The summed E-state index contributed by atoms with van der Waals surface area (Å²) >= 11 is 0. The number of hydrogen-bond acceptors (Lipinski definition) is 3. The smallest absolute Gasteiger partial charge is 0.174 e. The normalized spacial score (nSPS) is 9.93. The number of ether oxygens (including phenoxy) is 1. The second kappa shape index (κ2) is 6.06. The molecule has 0 amide bonds. The molecule has 0 bridgehead atoms. The molecular formula is C12H17NO2. The minimum atomic E-state index is 0.0812. The Morgan fingerprint density at radius 2 is 2.20 bits per heavy atom. The third kappa shape index (κ3) is 3.62. The molecule has 1 rings (SSSR count). The molecule has 0 radical (unpaired) electrons. The summed E-state index contributed by atoms with van der Waals surface area (Å²) in [5.41, 5.74) is 1.14. The Morgan fingerprint density at radius 3 is 2.87 bits per heavy atom. The fourth-order valence-electron chi connectivity index (χ4n) is 1.45. The molecule has 82 valence electrons. The zero-order valence-electron chi connectivity index (χ0n) is 8.99. The number of benzene rings is 1. The van der Waals surface area contributed by atoms with Gasteiger partial charge < -0.3 is 9.84 Å². The first-order valence-corrected chi connectivity index (χ1v) is 5.25. The lowest BCUT2D eigenvalue weighted by molar-refractivity contribution is 0.438. The number of hydrogen-bond donors (Lipinski definition) is 2. The standard InChI is InChI=1S/C12H17NO2/c1-2-3-4-5-10-6-7-11(14)12(8-10)15-9-13/h6-9,13-14H,2-5H2,1H3. The Kier molecular flexibility index (Phi) is 4.68. The molecule has 1 aromatic rings. The van der Waals surface area contributed by atoms with Gasteiger partial charge in [0.05, 0.1) is 0 Å². The van der Waals surface area contributed by atoms with Crippen LogP contribution in [-0.2, 0) is 6.42 Å². The molecule has 15 heavy (non-hydrogen) atoms. The van der Waals surface area contributed by atoms with Crippen molar-refractivity contribution >= 4 is 6.40 Å². The van der Waals surface area contributed by atoms with Crippen molar-refractivity contribution in [3.8, 4) is 11.5 Å². The Labute approximate surface area is 90.2 Å². The summed E-state index contributed by atoms with van der Waals surface area (Å²) in [7, 11) is 0. The highest BCUT2D eigenvalue weighted by Gasteiger charge is 2.02. The Morgan fingerprint density at radius 1 is 1.40 bits per heavy atom. The lowest BCUT2D eigenvalue weighted by atomic mass is 10.1. The average Bonchev–Trinajstić information content (AvgIpc) is 2.23. The maximum atomic E-state index is 9.41. The second-order valence-corrected chi connectivity index (χ2v) is 3.49. The zero-order chi connectivity index (χ0) is 11.1. The van der Waals surface area contributed by atoms with Crippen LogP contribution >= 0.6 is 0 Å². The molecule has 0 spiro atoms. The van der Waals surface area contributed by atoms with Crippen LogP contribution in [0.1, 0.15) is 31.7 Å². The Hall–Kier alpha value is -1.51. The van der Waals surface area contributed by atoms with Gasteiger partial charge in [0.15, 0.2) is 17.9 Å². The van der Waals surface area contributed by atoms with Crippen molar-refractivity contribution in [1.29, 1.82) is 5.41 Å². The maximum Gasteiger partial charge on any atom is 0.174 e. The number of phenols is 1. The van der Waals surface area contributed by atoms with Gasteiger partial charge in [0.1, 0.15) is 0 Å². The lowest BCUT2D eigenvalue weighted by Crippen LogP contribution is -1.91. The molecule has 0 aliphatic heterocycles. The third-order valence-corrected chi connectivity index (χ3v) is 2.28. The van der Waals surface area contributed by atoms with E-state index in [-0.39, 0.29) is 5.75 Å². The molecule has 0 saturated heterocycles. The van der Waals surface area contributed by atoms with Crippen LogP contribution in [-0.4, -0.2) is 11.5 Å². The monoisotopic (exact) mass is 207 g/mol. The second-order valence-electron chi connectivity index (χ2n) is 3.49. The Bertz CT molecular complexity index is 323. The SMILES string of the molecule is CCCCCc1ccc(O)c(OC=N)c1. The molecular weight excluding hydrogens is 190 g/mol. The van der Waals surface area contributed by atoms with Crippen LogP contribution in [0.15, 0.2) is 18.2 Å². The molecule has 2 N–H and O–H groups in total. The van der Waals surface area contributed by atoms with E-state index in [9.17, 15) is 5.11 Å². The maximum absolute atomic E-state index is 9.41. The van der Waals surface area contributed by atoms with E-state index in [2.05, 4.69) is 6.92 Å². The molecule has 0 saturated carbocycles. The van der Waals surface area contributed by atoms with Gasteiger partial charge in [-0.3, -0.25) is 5.41 Å². The summed E-state index contributed by atoms with van der Waals surface area (Å²) in [6.07, 6.45) is 5.36. The molecule has 0 heterocycles. The Balaban J connectivity index is 2.65. The van der Waals surface area contributed by atoms with E-state index in [1.165, 1.54) is 12.8 Å². The van der Waals surface area contributed by atoms with Crippen molar-refractivity contribution in [3.05, 3.63) is 23.8 Å². The molecule has 1 aromatic carbocycles. The van der Waals surface area contributed by atoms with Gasteiger partial charge in [0.2, 0.25) is 0 Å². The highest BCUT2D eigenvalue weighted by atomic mass is 16.5. The van der Waals surface area contributed by atoms with Crippen LogP contribution in [0, 0.1) is 5.41 Å². The van der Waals surface area contributed by atoms with E-state index in [1.54, 1.807) is 12.1 Å². The van der Waals surface area contributed by atoms with Crippen molar-refractivity contribution in [2.24, 2.45) is 0 Å². The van der Waals surface area contributed by atoms with Crippen LogP contribution in [0.3, 0.4) is 0 Å². The largest absolute Gasteiger partial charge is 0.504 e. The summed E-state index contributed by atoms with van der Waals surface area (Å²) in [5.74, 6) is 0.441. The van der Waals surface area contributed by atoms with Crippen molar-refractivity contribution in [3.63, 3.8) is 0 Å². The fourth-order valence-corrected chi connectivity index (χ4v) is 1.45. The lowest BCUT2D eigenvalue weighted by Gasteiger charge is -2.05. The van der Waals surface area contributed by atoms with Gasteiger partial charge >= 0.3 is 0 Å². The van der Waals surface area contributed by atoms with Gasteiger partial charge in [0.25, 0.3) is 0 Å². The summed E-state index contributed by atoms with van der Waals surface area (Å²) in [6, 6.07) is 5.29. The topological polar surface area (TPSA) is 53.3 Å². The van der Waals surface area contributed by atoms with Crippen molar-refractivity contribution in [1.82, 2.24) is 0 Å². The number of aryl methyl sites for hydroxylation is 1. The van der Waals surface area contributed by atoms with Crippen molar-refractivity contribution in [2.75, 3.05) is 0 Å². The van der Waals surface area contributed by atoms with E-state index in [1.807, 2.05) is 6.07 Å². The third-order valence-electron chi connectivity index (χ3n) is 2.28. The summed E-state index contributed by atoms with van der Waals surface area (Å²) < 4.78 is 4.88. The van der Waals surface area contributed by atoms with Gasteiger partial charge in [-0.15, -0.1) is 0 Å². The van der Waals surface area contributed by atoms with Gasteiger partial charge in [-0.2, -0.15) is 0 Å². The molecule has 3 heteroatoms. The van der Waals surface area contributed by atoms with Gasteiger partial charge in [-0.05, 0) is 30.5 Å². The minimum Gasteiger partial charge on any atom is -0.504 e. The first-order valence-electron chi connectivity index (χ1n) is 5.25. The molecule has 0 unspecified atom stereocenters. The summed E-state index contributed by atoms with van der Waals surface area (Å²) in [4.78, 5) is 0. The van der Waals surface area contributed by atoms with E-state index in [4.69, 9.17) is 10.1 Å². The summed E-state index contributed by atoms with van der Waals surface area (Å²) in [6.45, 7) is 2.17. The molecule has 0 atom stereocenters. The highest BCUT2D eigenvalue weighted by molar-refractivity contribution is 5.53. The molecule has 0 aliphatic rings. The highest BCUT2D eigenvalue weighted by Crippen LogP contribution is 2.26.